The Hall–Kier alpha value is 0.400. The SMILES string of the molecule is CN(C)CCN(C)CCCCCBr. The van der Waals surface area contributed by atoms with Gasteiger partial charge in [-0.2, -0.15) is 0 Å². The molecule has 0 aromatic rings. The van der Waals surface area contributed by atoms with Crippen molar-refractivity contribution in [1.82, 2.24) is 9.80 Å². The Morgan fingerprint density at radius 3 is 2.08 bits per heavy atom. The van der Waals surface area contributed by atoms with Crippen LogP contribution in [0.25, 0.3) is 0 Å². The Morgan fingerprint density at radius 1 is 0.846 bits per heavy atom. The summed E-state index contributed by atoms with van der Waals surface area (Å²) in [6.45, 7) is 3.58. The van der Waals surface area contributed by atoms with Gasteiger partial charge < -0.3 is 9.80 Å². The first-order valence-corrected chi connectivity index (χ1v) is 6.18. The van der Waals surface area contributed by atoms with E-state index < -0.39 is 0 Å². The zero-order chi connectivity index (χ0) is 10.1. The highest BCUT2D eigenvalue weighted by atomic mass is 79.9. The summed E-state index contributed by atoms with van der Waals surface area (Å²) in [7, 11) is 6.45. The quantitative estimate of drug-likeness (QED) is 0.481. The molecule has 0 spiro atoms. The van der Waals surface area contributed by atoms with E-state index in [0.29, 0.717) is 0 Å². The van der Waals surface area contributed by atoms with Crippen LogP contribution in [0.3, 0.4) is 0 Å². The average Bonchev–Trinajstić information content (AvgIpc) is 2.09. The molecule has 0 unspecified atom stereocenters. The van der Waals surface area contributed by atoms with Crippen molar-refractivity contribution in [1.29, 1.82) is 0 Å². The number of unbranched alkanes of at least 4 members (excludes halogenated alkanes) is 2. The standard InChI is InChI=1S/C10H23BrN2/c1-12(2)9-10-13(3)8-6-4-5-7-11/h4-10H2,1-3H3. The molecule has 0 bridgehead atoms. The zero-order valence-electron chi connectivity index (χ0n) is 9.22. The van der Waals surface area contributed by atoms with Crippen molar-refractivity contribution >= 4 is 15.9 Å². The highest BCUT2D eigenvalue weighted by Gasteiger charge is 1.98. The van der Waals surface area contributed by atoms with Crippen molar-refractivity contribution in [2.24, 2.45) is 0 Å². The topological polar surface area (TPSA) is 6.48 Å². The number of hydrogen-bond donors (Lipinski definition) is 0. The van der Waals surface area contributed by atoms with Crippen LogP contribution in [0.5, 0.6) is 0 Å². The van der Waals surface area contributed by atoms with Gasteiger partial charge in [-0.05, 0) is 40.5 Å². The summed E-state index contributed by atoms with van der Waals surface area (Å²) in [5, 5.41) is 1.15. The first kappa shape index (κ1) is 13.4. The molecule has 0 saturated carbocycles. The van der Waals surface area contributed by atoms with Gasteiger partial charge in [-0.15, -0.1) is 0 Å². The number of nitrogens with zero attached hydrogens (tertiary/aromatic N) is 2. The second kappa shape index (κ2) is 8.97. The van der Waals surface area contributed by atoms with E-state index in [1.807, 2.05) is 0 Å². The van der Waals surface area contributed by atoms with E-state index in [9.17, 15) is 0 Å². The van der Waals surface area contributed by atoms with Gasteiger partial charge in [0, 0.05) is 18.4 Å². The van der Waals surface area contributed by atoms with Crippen LogP contribution >= 0.6 is 15.9 Å². The summed E-state index contributed by atoms with van der Waals surface area (Å²) < 4.78 is 0. The highest BCUT2D eigenvalue weighted by molar-refractivity contribution is 9.09. The molecule has 0 aromatic heterocycles. The van der Waals surface area contributed by atoms with Crippen molar-refractivity contribution in [3.8, 4) is 0 Å². The summed E-state index contributed by atoms with van der Waals surface area (Å²) in [5.41, 5.74) is 0. The lowest BCUT2D eigenvalue weighted by Gasteiger charge is -2.18. The number of hydrogen-bond acceptors (Lipinski definition) is 2. The molecule has 0 aromatic carbocycles. The molecule has 0 rings (SSSR count). The third kappa shape index (κ3) is 10.3. The second-order valence-electron chi connectivity index (χ2n) is 3.86. The summed E-state index contributed by atoms with van der Waals surface area (Å²) in [5.74, 6) is 0. The fraction of sp³-hybridized carbons (Fsp3) is 1.00. The molecule has 2 nitrogen and oxygen atoms in total. The van der Waals surface area contributed by atoms with Gasteiger partial charge in [0.05, 0.1) is 0 Å². The molecular formula is C10H23BrN2. The van der Waals surface area contributed by atoms with Crippen LogP contribution < -0.4 is 0 Å². The zero-order valence-corrected chi connectivity index (χ0v) is 10.8. The van der Waals surface area contributed by atoms with Gasteiger partial charge in [-0.25, -0.2) is 0 Å². The first-order valence-electron chi connectivity index (χ1n) is 5.06. The molecule has 0 N–H and O–H groups in total. The smallest absolute Gasteiger partial charge is 0.0106 e. The van der Waals surface area contributed by atoms with Crippen LogP contribution in [0.2, 0.25) is 0 Å². The van der Waals surface area contributed by atoms with Crippen LogP contribution in [0.4, 0.5) is 0 Å². The molecule has 0 fully saturated rings. The predicted molar refractivity (Wildman–Crippen MR) is 63.7 cm³/mol. The lowest BCUT2D eigenvalue weighted by Crippen LogP contribution is -2.29. The van der Waals surface area contributed by atoms with Crippen LogP contribution in [0.1, 0.15) is 19.3 Å². The fourth-order valence-electron chi connectivity index (χ4n) is 1.14. The van der Waals surface area contributed by atoms with Gasteiger partial charge in [0.25, 0.3) is 0 Å². The number of likely N-dealkylation sites (N-methyl/N-ethyl adjacent to an activating group) is 2. The largest absolute Gasteiger partial charge is 0.308 e. The Labute approximate surface area is 91.4 Å². The Morgan fingerprint density at radius 2 is 1.54 bits per heavy atom. The Balaban J connectivity index is 3.15. The third-order valence-electron chi connectivity index (χ3n) is 2.10. The maximum Gasteiger partial charge on any atom is 0.0106 e. The van der Waals surface area contributed by atoms with Crippen molar-refractivity contribution in [2.45, 2.75) is 19.3 Å². The van der Waals surface area contributed by atoms with Crippen LogP contribution in [-0.4, -0.2) is 55.9 Å². The van der Waals surface area contributed by atoms with Crippen LogP contribution in [-0.2, 0) is 0 Å². The van der Waals surface area contributed by atoms with Crippen molar-refractivity contribution < 1.29 is 0 Å². The summed E-state index contributed by atoms with van der Waals surface area (Å²) in [6, 6.07) is 0. The van der Waals surface area contributed by atoms with E-state index in [1.165, 1.54) is 32.4 Å². The summed E-state index contributed by atoms with van der Waals surface area (Å²) in [4.78, 5) is 4.64. The third-order valence-corrected chi connectivity index (χ3v) is 2.66. The normalized spacial score (nSPS) is 11.5. The van der Waals surface area contributed by atoms with Gasteiger partial charge in [0.2, 0.25) is 0 Å². The number of alkyl halides is 1. The monoisotopic (exact) mass is 250 g/mol. The minimum Gasteiger partial charge on any atom is -0.308 e. The Bertz CT molecular complexity index is 107. The van der Waals surface area contributed by atoms with Crippen molar-refractivity contribution in [2.75, 3.05) is 46.1 Å². The number of rotatable bonds is 8. The molecule has 0 amide bonds. The van der Waals surface area contributed by atoms with Crippen molar-refractivity contribution in [3.63, 3.8) is 0 Å². The van der Waals surface area contributed by atoms with E-state index in [2.05, 4.69) is 46.9 Å². The summed E-state index contributed by atoms with van der Waals surface area (Å²) >= 11 is 3.45. The molecule has 3 heteroatoms. The molecule has 80 valence electrons. The Kier molecular flexibility index (Phi) is 9.25. The van der Waals surface area contributed by atoms with Gasteiger partial charge in [0.1, 0.15) is 0 Å². The van der Waals surface area contributed by atoms with E-state index in [4.69, 9.17) is 0 Å². The molecule has 13 heavy (non-hydrogen) atoms. The first-order chi connectivity index (χ1) is 6.16. The van der Waals surface area contributed by atoms with Gasteiger partial charge in [0.15, 0.2) is 0 Å². The van der Waals surface area contributed by atoms with Gasteiger partial charge in [-0.3, -0.25) is 0 Å². The highest BCUT2D eigenvalue weighted by Crippen LogP contribution is 1.99. The molecule has 0 aliphatic rings. The van der Waals surface area contributed by atoms with E-state index in [-0.39, 0.29) is 0 Å². The van der Waals surface area contributed by atoms with Crippen LogP contribution in [0.15, 0.2) is 0 Å². The lowest BCUT2D eigenvalue weighted by molar-refractivity contribution is 0.277. The average molecular weight is 251 g/mol. The van der Waals surface area contributed by atoms with E-state index >= 15 is 0 Å². The van der Waals surface area contributed by atoms with Gasteiger partial charge >= 0.3 is 0 Å². The fourth-order valence-corrected chi connectivity index (χ4v) is 1.53. The van der Waals surface area contributed by atoms with Crippen molar-refractivity contribution in [3.05, 3.63) is 0 Å². The minimum atomic E-state index is 1.15. The molecule has 0 saturated heterocycles. The second-order valence-corrected chi connectivity index (χ2v) is 4.65. The predicted octanol–water partition coefficient (Wildman–Crippen LogP) is 2.04. The maximum atomic E-state index is 3.45. The van der Waals surface area contributed by atoms with E-state index in [1.54, 1.807) is 0 Å². The summed E-state index contributed by atoms with van der Waals surface area (Å²) in [6.07, 6.45) is 3.98. The molecule has 0 aliphatic carbocycles. The number of halogens is 1. The lowest BCUT2D eigenvalue weighted by atomic mass is 10.2. The van der Waals surface area contributed by atoms with Gasteiger partial charge in [-0.1, -0.05) is 22.4 Å². The molecule has 0 aliphatic heterocycles. The molecule has 0 heterocycles. The van der Waals surface area contributed by atoms with Crippen LogP contribution in [0, 0.1) is 0 Å². The molecular weight excluding hydrogens is 228 g/mol. The minimum absolute atomic E-state index is 1.15. The maximum absolute atomic E-state index is 3.45. The van der Waals surface area contributed by atoms with E-state index in [0.717, 1.165) is 11.9 Å². The molecule has 0 atom stereocenters. The molecule has 0 radical (unpaired) electrons.